The third-order valence-electron chi connectivity index (χ3n) is 6.50. The van der Waals surface area contributed by atoms with E-state index in [1.165, 1.54) is 0 Å². The van der Waals surface area contributed by atoms with E-state index < -0.39 is 11.7 Å². The van der Waals surface area contributed by atoms with Gasteiger partial charge in [0.05, 0.1) is 12.1 Å². The summed E-state index contributed by atoms with van der Waals surface area (Å²) in [4.78, 5) is 17.0. The number of aliphatic hydroxyl groups excluding tert-OH is 2. The van der Waals surface area contributed by atoms with Crippen molar-refractivity contribution in [3.63, 3.8) is 0 Å². The highest BCUT2D eigenvalue weighted by Crippen LogP contribution is 2.40. The van der Waals surface area contributed by atoms with Gasteiger partial charge in [-0.05, 0) is 55.5 Å². The van der Waals surface area contributed by atoms with Gasteiger partial charge >= 0.3 is 6.09 Å². The normalized spacial score (nSPS) is 20.4. The number of hydrogen-bond acceptors (Lipinski definition) is 5. The van der Waals surface area contributed by atoms with Gasteiger partial charge in [0.25, 0.3) is 0 Å². The van der Waals surface area contributed by atoms with Gasteiger partial charge in [0.15, 0.2) is 0 Å². The number of nitrogens with zero attached hydrogens (tertiary/aromatic N) is 1. The smallest absolute Gasteiger partial charge is 0.411 e. The molecule has 0 radical (unpaired) electrons. The molecule has 1 aromatic heterocycles. The van der Waals surface area contributed by atoms with E-state index in [-0.39, 0.29) is 18.7 Å². The Balaban J connectivity index is 1.49. The van der Waals surface area contributed by atoms with Crippen LogP contribution in [0.2, 0.25) is 0 Å². The molecule has 2 aromatic carbocycles. The number of aliphatic hydroxyl groups is 2. The lowest BCUT2D eigenvalue weighted by Crippen LogP contribution is -2.48. The number of cyclic esters (lactones) is 1. The average molecular weight is 466 g/mol. The molecule has 3 aromatic rings. The van der Waals surface area contributed by atoms with Crippen molar-refractivity contribution in [2.45, 2.75) is 50.9 Å². The maximum atomic E-state index is 13.1. The molecular formula is C27H31NO4S. The molecular weight excluding hydrogens is 434 g/mol. The summed E-state index contributed by atoms with van der Waals surface area (Å²) in [6, 6.07) is 22.0. The fourth-order valence-corrected chi connectivity index (χ4v) is 5.44. The standard InChI is InChI=1S/C27H31NO4S/c1-19(21-9-11-22(12-10-21)25-14-13-24(33-25)20(2)30)28-17-16-27(15-6-18-29,32-26(28)31)23-7-4-3-5-8-23/h3-5,7-14,19-20,29-30H,6,15-18H2,1-2H3/t19?,20-,27+/m0/s1. The molecule has 0 bridgehead atoms. The molecule has 174 valence electrons. The van der Waals surface area contributed by atoms with E-state index in [1.54, 1.807) is 23.2 Å². The first-order chi connectivity index (χ1) is 15.9. The predicted octanol–water partition coefficient (Wildman–Crippen LogP) is 6.04. The van der Waals surface area contributed by atoms with E-state index in [2.05, 4.69) is 24.3 Å². The molecule has 1 unspecified atom stereocenters. The first-order valence-corrected chi connectivity index (χ1v) is 12.3. The Morgan fingerprint density at radius 1 is 1.06 bits per heavy atom. The Hall–Kier alpha value is -2.67. The highest BCUT2D eigenvalue weighted by molar-refractivity contribution is 7.15. The number of hydrogen-bond donors (Lipinski definition) is 2. The zero-order chi connectivity index (χ0) is 23.4. The summed E-state index contributed by atoms with van der Waals surface area (Å²) in [5.41, 5.74) is 2.43. The van der Waals surface area contributed by atoms with Crippen molar-refractivity contribution in [1.82, 2.24) is 4.90 Å². The van der Waals surface area contributed by atoms with Crippen molar-refractivity contribution < 1.29 is 19.7 Å². The molecule has 1 aliphatic rings. The molecule has 4 rings (SSSR count). The second-order valence-corrected chi connectivity index (χ2v) is 9.79. The number of benzene rings is 2. The van der Waals surface area contributed by atoms with Gasteiger partial charge in [-0.2, -0.15) is 0 Å². The van der Waals surface area contributed by atoms with Crippen LogP contribution >= 0.6 is 11.3 Å². The second-order valence-electron chi connectivity index (χ2n) is 8.67. The Kier molecular flexibility index (Phi) is 7.17. The molecule has 1 aliphatic heterocycles. The lowest BCUT2D eigenvalue weighted by Gasteiger charge is -2.43. The van der Waals surface area contributed by atoms with Crippen molar-refractivity contribution in [3.8, 4) is 10.4 Å². The number of amides is 1. The summed E-state index contributed by atoms with van der Waals surface area (Å²) < 4.78 is 6.09. The van der Waals surface area contributed by atoms with Crippen molar-refractivity contribution in [3.05, 3.63) is 82.7 Å². The minimum Gasteiger partial charge on any atom is -0.438 e. The quantitative estimate of drug-likeness (QED) is 0.425. The molecule has 1 amide bonds. The van der Waals surface area contributed by atoms with Gasteiger partial charge in [-0.1, -0.05) is 54.6 Å². The van der Waals surface area contributed by atoms with E-state index in [4.69, 9.17) is 4.74 Å². The Morgan fingerprint density at radius 2 is 1.79 bits per heavy atom. The van der Waals surface area contributed by atoms with Gasteiger partial charge in [0, 0.05) is 29.3 Å². The van der Waals surface area contributed by atoms with Crippen LogP contribution in [0.25, 0.3) is 10.4 Å². The molecule has 1 fully saturated rings. The van der Waals surface area contributed by atoms with Crippen LogP contribution in [-0.4, -0.2) is 34.4 Å². The average Bonchev–Trinajstić information content (AvgIpc) is 3.34. The number of rotatable bonds is 8. The second kappa shape index (κ2) is 10.1. The highest BCUT2D eigenvalue weighted by atomic mass is 32.1. The molecule has 0 spiro atoms. The van der Waals surface area contributed by atoms with Gasteiger partial charge in [-0.25, -0.2) is 4.79 Å². The minimum absolute atomic E-state index is 0.0710. The fourth-order valence-electron chi connectivity index (χ4n) is 4.49. The van der Waals surface area contributed by atoms with E-state index in [0.717, 1.165) is 26.4 Å². The number of ether oxygens (including phenoxy) is 1. The molecule has 1 saturated heterocycles. The number of thiophene rings is 1. The van der Waals surface area contributed by atoms with E-state index in [1.807, 2.05) is 49.4 Å². The number of carbonyl (C=O) groups is 1. The van der Waals surface area contributed by atoms with Crippen molar-refractivity contribution in [2.75, 3.05) is 13.2 Å². The van der Waals surface area contributed by atoms with Gasteiger partial charge in [0.2, 0.25) is 0 Å². The summed E-state index contributed by atoms with van der Waals surface area (Å²) in [5, 5.41) is 19.2. The van der Waals surface area contributed by atoms with Gasteiger partial charge in [0.1, 0.15) is 5.60 Å². The zero-order valence-corrected chi connectivity index (χ0v) is 19.9. The first kappa shape index (κ1) is 23.5. The molecule has 33 heavy (non-hydrogen) atoms. The summed E-state index contributed by atoms with van der Waals surface area (Å²) in [7, 11) is 0. The highest BCUT2D eigenvalue weighted by Gasteiger charge is 2.43. The van der Waals surface area contributed by atoms with E-state index in [0.29, 0.717) is 25.8 Å². The lowest BCUT2D eigenvalue weighted by molar-refractivity contribution is -0.0680. The predicted molar refractivity (Wildman–Crippen MR) is 131 cm³/mol. The van der Waals surface area contributed by atoms with Gasteiger partial charge < -0.3 is 19.8 Å². The SMILES string of the molecule is CC(c1ccc(-c2ccc([C@H](C)O)s2)cc1)N1CC[C@](CCCO)(c2ccccc2)OC1=O. The van der Waals surface area contributed by atoms with Crippen molar-refractivity contribution in [2.24, 2.45) is 0 Å². The van der Waals surface area contributed by atoms with Crippen LogP contribution in [0.15, 0.2) is 66.7 Å². The third kappa shape index (κ3) is 4.98. The Bertz CT molecular complexity index is 1060. The monoisotopic (exact) mass is 465 g/mol. The van der Waals surface area contributed by atoms with Crippen LogP contribution in [0.1, 0.15) is 61.3 Å². The van der Waals surface area contributed by atoms with Crippen LogP contribution < -0.4 is 0 Å². The van der Waals surface area contributed by atoms with Crippen LogP contribution in [-0.2, 0) is 10.3 Å². The zero-order valence-electron chi connectivity index (χ0n) is 19.1. The summed E-state index contributed by atoms with van der Waals surface area (Å²) in [6.07, 6.45) is 1.08. The molecule has 0 saturated carbocycles. The summed E-state index contributed by atoms with van der Waals surface area (Å²) in [5.74, 6) is 0. The third-order valence-corrected chi connectivity index (χ3v) is 7.80. The molecule has 0 aliphatic carbocycles. The van der Waals surface area contributed by atoms with E-state index >= 15 is 0 Å². The summed E-state index contributed by atoms with van der Waals surface area (Å²) in [6.45, 7) is 4.46. The van der Waals surface area contributed by atoms with Crippen LogP contribution in [0.5, 0.6) is 0 Å². The lowest BCUT2D eigenvalue weighted by atomic mass is 9.84. The van der Waals surface area contributed by atoms with Crippen molar-refractivity contribution >= 4 is 17.4 Å². The Morgan fingerprint density at radius 3 is 2.39 bits per heavy atom. The molecule has 2 heterocycles. The molecule has 6 heteroatoms. The van der Waals surface area contributed by atoms with Gasteiger partial charge in [-0.3, -0.25) is 0 Å². The molecule has 5 nitrogen and oxygen atoms in total. The minimum atomic E-state index is -0.693. The van der Waals surface area contributed by atoms with Gasteiger partial charge in [-0.15, -0.1) is 11.3 Å². The first-order valence-electron chi connectivity index (χ1n) is 11.5. The molecule has 2 N–H and O–H groups in total. The van der Waals surface area contributed by atoms with Crippen molar-refractivity contribution in [1.29, 1.82) is 0 Å². The number of carbonyl (C=O) groups excluding carboxylic acids is 1. The largest absolute Gasteiger partial charge is 0.438 e. The van der Waals surface area contributed by atoms with Crippen LogP contribution in [0.4, 0.5) is 4.79 Å². The topological polar surface area (TPSA) is 70.0 Å². The maximum Gasteiger partial charge on any atom is 0.411 e. The fraction of sp³-hybridized carbons (Fsp3) is 0.370. The van der Waals surface area contributed by atoms with Crippen LogP contribution in [0.3, 0.4) is 0 Å². The van der Waals surface area contributed by atoms with E-state index in [9.17, 15) is 15.0 Å². The van der Waals surface area contributed by atoms with Crippen LogP contribution in [0, 0.1) is 0 Å². The molecule has 3 atom stereocenters. The summed E-state index contributed by atoms with van der Waals surface area (Å²) >= 11 is 1.59. The maximum absolute atomic E-state index is 13.1. The Labute approximate surface area is 199 Å².